The lowest BCUT2D eigenvalue weighted by Gasteiger charge is -2.24. The fraction of sp³-hybridized carbons (Fsp3) is 0.818. The maximum absolute atomic E-state index is 11.3. The number of nitrogens with zero attached hydrogens (tertiary/aromatic N) is 2. The van der Waals surface area contributed by atoms with Crippen LogP contribution in [0.15, 0.2) is 0 Å². The lowest BCUT2D eigenvalue weighted by molar-refractivity contribution is -0.130. The third-order valence-electron chi connectivity index (χ3n) is 3.21. The van der Waals surface area contributed by atoms with Gasteiger partial charge in [0.2, 0.25) is 11.8 Å². The van der Waals surface area contributed by atoms with Crippen LogP contribution < -0.4 is 0 Å². The standard InChI is InChI=1S/C11H18N2O3/c14-9(7-12-5-1-3-10(12)15)8-13-6-2-4-11(13)16/h9,14H,1-8H2. The summed E-state index contributed by atoms with van der Waals surface area (Å²) in [6.45, 7) is 2.21. The van der Waals surface area contributed by atoms with Crippen molar-refractivity contribution in [2.24, 2.45) is 0 Å². The van der Waals surface area contributed by atoms with Crippen LogP contribution in [0.1, 0.15) is 25.7 Å². The van der Waals surface area contributed by atoms with Gasteiger partial charge in [-0.15, -0.1) is 0 Å². The number of aliphatic hydroxyl groups is 1. The summed E-state index contributed by atoms with van der Waals surface area (Å²) in [5, 5.41) is 9.82. The highest BCUT2D eigenvalue weighted by molar-refractivity contribution is 5.78. The van der Waals surface area contributed by atoms with E-state index in [4.69, 9.17) is 0 Å². The summed E-state index contributed by atoms with van der Waals surface area (Å²) in [7, 11) is 0. The molecule has 5 nitrogen and oxygen atoms in total. The monoisotopic (exact) mass is 226 g/mol. The minimum atomic E-state index is -0.607. The van der Waals surface area contributed by atoms with Crippen LogP contribution in [0, 0.1) is 0 Å². The van der Waals surface area contributed by atoms with E-state index in [2.05, 4.69) is 0 Å². The van der Waals surface area contributed by atoms with Crippen LogP contribution in [0.3, 0.4) is 0 Å². The third kappa shape index (κ3) is 2.52. The second-order valence-corrected chi connectivity index (χ2v) is 4.54. The maximum atomic E-state index is 11.3. The predicted molar refractivity (Wildman–Crippen MR) is 57.6 cm³/mol. The summed E-state index contributed by atoms with van der Waals surface area (Å²) in [4.78, 5) is 26.1. The molecular weight excluding hydrogens is 208 g/mol. The number of rotatable bonds is 4. The number of aliphatic hydroxyl groups excluding tert-OH is 1. The smallest absolute Gasteiger partial charge is 0.222 e. The Morgan fingerprint density at radius 1 is 1.00 bits per heavy atom. The molecule has 0 spiro atoms. The highest BCUT2D eigenvalue weighted by Gasteiger charge is 2.26. The van der Waals surface area contributed by atoms with Gasteiger partial charge >= 0.3 is 0 Å². The number of carbonyl (C=O) groups excluding carboxylic acids is 2. The Kier molecular flexibility index (Phi) is 3.43. The minimum absolute atomic E-state index is 0.117. The van der Waals surface area contributed by atoms with E-state index in [1.54, 1.807) is 9.80 Å². The Morgan fingerprint density at radius 3 is 1.75 bits per heavy atom. The van der Waals surface area contributed by atoms with Crippen LogP contribution in [0.4, 0.5) is 0 Å². The minimum Gasteiger partial charge on any atom is -0.389 e. The van der Waals surface area contributed by atoms with Gasteiger partial charge < -0.3 is 14.9 Å². The Balaban J connectivity index is 1.77. The van der Waals surface area contributed by atoms with Crippen molar-refractivity contribution < 1.29 is 14.7 Å². The van der Waals surface area contributed by atoms with Crippen LogP contribution in [0.2, 0.25) is 0 Å². The van der Waals surface area contributed by atoms with Crippen molar-refractivity contribution >= 4 is 11.8 Å². The van der Waals surface area contributed by atoms with Gasteiger partial charge in [-0.25, -0.2) is 0 Å². The average Bonchev–Trinajstić information content (AvgIpc) is 2.79. The molecule has 16 heavy (non-hydrogen) atoms. The van der Waals surface area contributed by atoms with Crippen molar-refractivity contribution in [1.29, 1.82) is 0 Å². The quantitative estimate of drug-likeness (QED) is 0.709. The molecule has 5 heteroatoms. The summed E-state index contributed by atoms with van der Waals surface area (Å²) in [5.74, 6) is 0.235. The Bertz CT molecular complexity index is 265. The van der Waals surface area contributed by atoms with Gasteiger partial charge in [-0.05, 0) is 12.8 Å². The summed E-state index contributed by atoms with van der Waals surface area (Å²) in [6.07, 6.45) is 2.34. The van der Waals surface area contributed by atoms with Gasteiger partial charge in [0.15, 0.2) is 0 Å². The van der Waals surface area contributed by atoms with Crippen LogP contribution in [-0.2, 0) is 9.59 Å². The van der Waals surface area contributed by atoms with Gasteiger partial charge in [0.05, 0.1) is 6.10 Å². The normalized spacial score (nSPS) is 21.6. The molecule has 0 aromatic rings. The van der Waals surface area contributed by atoms with Crippen molar-refractivity contribution in [3.8, 4) is 0 Å². The van der Waals surface area contributed by atoms with Crippen molar-refractivity contribution in [2.45, 2.75) is 31.8 Å². The molecule has 0 aliphatic carbocycles. The molecular formula is C11H18N2O3. The predicted octanol–water partition coefficient (Wildman–Crippen LogP) is -0.408. The van der Waals surface area contributed by atoms with E-state index in [-0.39, 0.29) is 11.8 Å². The summed E-state index contributed by atoms with van der Waals surface area (Å²) < 4.78 is 0. The molecule has 2 aliphatic rings. The molecule has 0 atom stereocenters. The zero-order valence-electron chi connectivity index (χ0n) is 9.39. The topological polar surface area (TPSA) is 60.9 Å². The lowest BCUT2D eigenvalue weighted by Crippen LogP contribution is -2.41. The molecule has 0 saturated carbocycles. The first-order valence-corrected chi connectivity index (χ1v) is 5.90. The maximum Gasteiger partial charge on any atom is 0.222 e. The molecule has 2 rings (SSSR count). The second-order valence-electron chi connectivity index (χ2n) is 4.54. The van der Waals surface area contributed by atoms with Crippen LogP contribution in [0.5, 0.6) is 0 Å². The SMILES string of the molecule is O=C1CCCN1CC(O)CN1CCCC1=O. The van der Waals surface area contributed by atoms with Gasteiger partial charge in [0, 0.05) is 39.0 Å². The zero-order valence-corrected chi connectivity index (χ0v) is 9.39. The van der Waals surface area contributed by atoms with E-state index in [1.165, 1.54) is 0 Å². The molecule has 2 amide bonds. The van der Waals surface area contributed by atoms with Gasteiger partial charge in [-0.2, -0.15) is 0 Å². The number of hydrogen-bond donors (Lipinski definition) is 1. The molecule has 2 saturated heterocycles. The van der Waals surface area contributed by atoms with E-state index in [0.29, 0.717) is 25.9 Å². The third-order valence-corrected chi connectivity index (χ3v) is 3.21. The zero-order chi connectivity index (χ0) is 11.5. The molecule has 2 aliphatic heterocycles. The van der Waals surface area contributed by atoms with E-state index in [1.807, 2.05) is 0 Å². The number of carbonyl (C=O) groups is 2. The number of amides is 2. The van der Waals surface area contributed by atoms with Crippen molar-refractivity contribution in [2.75, 3.05) is 26.2 Å². The average molecular weight is 226 g/mol. The molecule has 0 aromatic heterocycles. The van der Waals surface area contributed by atoms with Gasteiger partial charge in [-0.3, -0.25) is 9.59 Å². The lowest BCUT2D eigenvalue weighted by atomic mass is 10.3. The molecule has 0 radical (unpaired) electrons. The van der Waals surface area contributed by atoms with E-state index in [0.717, 1.165) is 25.9 Å². The first kappa shape index (κ1) is 11.4. The van der Waals surface area contributed by atoms with Gasteiger partial charge in [0.25, 0.3) is 0 Å². The van der Waals surface area contributed by atoms with Crippen molar-refractivity contribution in [3.63, 3.8) is 0 Å². The molecule has 0 bridgehead atoms. The summed E-state index contributed by atoms with van der Waals surface area (Å²) in [6, 6.07) is 0. The Hall–Kier alpha value is -1.10. The van der Waals surface area contributed by atoms with E-state index >= 15 is 0 Å². The second kappa shape index (κ2) is 4.82. The number of likely N-dealkylation sites (tertiary alicyclic amines) is 2. The van der Waals surface area contributed by atoms with E-state index in [9.17, 15) is 14.7 Å². The molecule has 2 heterocycles. The first-order chi connectivity index (χ1) is 7.66. The van der Waals surface area contributed by atoms with Crippen molar-refractivity contribution in [3.05, 3.63) is 0 Å². The summed E-state index contributed by atoms with van der Waals surface area (Å²) >= 11 is 0. The van der Waals surface area contributed by atoms with E-state index < -0.39 is 6.10 Å². The highest BCUT2D eigenvalue weighted by atomic mass is 16.3. The molecule has 1 N–H and O–H groups in total. The number of hydrogen-bond acceptors (Lipinski definition) is 3. The molecule has 2 fully saturated rings. The van der Waals surface area contributed by atoms with Crippen LogP contribution >= 0.6 is 0 Å². The van der Waals surface area contributed by atoms with Gasteiger partial charge in [-0.1, -0.05) is 0 Å². The molecule has 0 aromatic carbocycles. The van der Waals surface area contributed by atoms with Crippen molar-refractivity contribution in [1.82, 2.24) is 9.80 Å². The Morgan fingerprint density at radius 2 is 1.44 bits per heavy atom. The fourth-order valence-corrected chi connectivity index (χ4v) is 2.36. The highest BCUT2D eigenvalue weighted by Crippen LogP contribution is 2.13. The molecule has 0 unspecified atom stereocenters. The number of β-amino-alcohol motifs (C(OH)–C–C–N with tert-alkyl or cyclic N) is 1. The Labute approximate surface area is 95.0 Å². The summed E-state index contributed by atoms with van der Waals surface area (Å²) in [5.41, 5.74) is 0. The van der Waals surface area contributed by atoms with Crippen LogP contribution in [-0.4, -0.2) is 59.0 Å². The van der Waals surface area contributed by atoms with Crippen LogP contribution in [0.25, 0.3) is 0 Å². The van der Waals surface area contributed by atoms with Gasteiger partial charge in [0.1, 0.15) is 0 Å². The first-order valence-electron chi connectivity index (χ1n) is 5.90. The largest absolute Gasteiger partial charge is 0.389 e. The fourth-order valence-electron chi connectivity index (χ4n) is 2.36. The molecule has 90 valence electrons.